The summed E-state index contributed by atoms with van der Waals surface area (Å²) in [5, 5.41) is 9.89. The van der Waals surface area contributed by atoms with Gasteiger partial charge >= 0.3 is 12.1 Å². The molecule has 0 bridgehead atoms. The van der Waals surface area contributed by atoms with Gasteiger partial charge in [-0.3, -0.25) is 19.5 Å². The molecule has 0 aliphatic carbocycles. The Morgan fingerprint density at radius 3 is 2.33 bits per heavy atom. The molecule has 166 valence electrons. The van der Waals surface area contributed by atoms with Crippen LogP contribution >= 0.6 is 0 Å². The van der Waals surface area contributed by atoms with Crippen molar-refractivity contribution in [1.29, 1.82) is 0 Å². The average Bonchev–Trinajstić information content (AvgIpc) is 3.24. The molecule has 2 saturated heterocycles. The second kappa shape index (κ2) is 9.37. The summed E-state index contributed by atoms with van der Waals surface area (Å²) in [5.74, 6) is -2.43. The molecule has 1 aromatic rings. The summed E-state index contributed by atoms with van der Waals surface area (Å²) in [6.07, 6.45) is 0.312. The number of hydrogen-bond acceptors (Lipinski definition) is 6. The second-order valence-corrected chi connectivity index (χ2v) is 7.34. The molecule has 2 aliphatic rings. The van der Waals surface area contributed by atoms with E-state index in [0.717, 1.165) is 6.42 Å². The molecular formula is C18H24F3N5O4. The first-order chi connectivity index (χ1) is 14.0. The van der Waals surface area contributed by atoms with Crippen molar-refractivity contribution in [3.63, 3.8) is 0 Å². The number of likely N-dealkylation sites (tertiary alicyclic amines) is 2. The Morgan fingerprint density at radius 1 is 1.23 bits per heavy atom. The summed E-state index contributed by atoms with van der Waals surface area (Å²) in [6, 6.07) is 0.403. The highest BCUT2D eigenvalue weighted by Gasteiger charge is 2.50. The first-order valence-corrected chi connectivity index (χ1v) is 9.31. The van der Waals surface area contributed by atoms with Crippen molar-refractivity contribution < 1.29 is 32.7 Å². The van der Waals surface area contributed by atoms with E-state index in [4.69, 9.17) is 9.90 Å². The van der Waals surface area contributed by atoms with Crippen LogP contribution in [0.3, 0.4) is 0 Å². The minimum Gasteiger partial charge on any atom is -0.475 e. The van der Waals surface area contributed by atoms with E-state index in [1.807, 2.05) is 4.90 Å². The van der Waals surface area contributed by atoms with Crippen molar-refractivity contribution >= 4 is 17.8 Å². The minimum absolute atomic E-state index is 0.0694. The van der Waals surface area contributed by atoms with Crippen LogP contribution in [0.25, 0.3) is 0 Å². The molecule has 0 aromatic carbocycles. The van der Waals surface area contributed by atoms with E-state index in [1.165, 1.54) is 12.4 Å². The summed E-state index contributed by atoms with van der Waals surface area (Å²) in [5.41, 5.74) is 0.381. The first kappa shape index (κ1) is 23.5. The largest absolute Gasteiger partial charge is 0.490 e. The van der Waals surface area contributed by atoms with Gasteiger partial charge in [0, 0.05) is 44.6 Å². The standard InChI is InChI=1S/C16H23N5O2.C2HF3O2/c1-10(2)21-13(15(22)17-3)6-11-8-20(9-14(11)21)16(23)12-7-18-4-5-19-12;3-2(4,5)1(6)7/h4-5,7,10-11,13-14H,6,8-9H2,1-3H3,(H,17,22);(H,6,7)/t11-,13-,14+;/m1./s1. The quantitative estimate of drug-likeness (QED) is 0.727. The van der Waals surface area contributed by atoms with Crippen LogP contribution in [0.15, 0.2) is 18.6 Å². The fourth-order valence-electron chi connectivity index (χ4n) is 3.95. The van der Waals surface area contributed by atoms with Gasteiger partial charge in [-0.15, -0.1) is 0 Å². The first-order valence-electron chi connectivity index (χ1n) is 9.31. The van der Waals surface area contributed by atoms with Crippen LogP contribution < -0.4 is 5.32 Å². The number of nitrogens with one attached hydrogen (secondary N) is 1. The van der Waals surface area contributed by atoms with Crippen LogP contribution in [0.1, 0.15) is 30.8 Å². The average molecular weight is 431 g/mol. The topological polar surface area (TPSA) is 116 Å². The number of carbonyl (C=O) groups excluding carboxylic acids is 2. The fraction of sp³-hybridized carbons (Fsp3) is 0.611. The van der Waals surface area contributed by atoms with Crippen molar-refractivity contribution in [1.82, 2.24) is 25.1 Å². The molecule has 0 radical (unpaired) electrons. The lowest BCUT2D eigenvalue weighted by molar-refractivity contribution is -0.192. The van der Waals surface area contributed by atoms with Gasteiger partial charge < -0.3 is 15.3 Å². The van der Waals surface area contributed by atoms with Crippen LogP contribution in [0, 0.1) is 5.92 Å². The van der Waals surface area contributed by atoms with Gasteiger partial charge in [0.2, 0.25) is 5.91 Å². The number of hydrogen-bond donors (Lipinski definition) is 2. The Labute approximate surface area is 171 Å². The summed E-state index contributed by atoms with van der Waals surface area (Å²) in [6.45, 7) is 5.53. The Morgan fingerprint density at radius 2 is 1.87 bits per heavy atom. The number of alkyl halides is 3. The number of carboxylic acids is 1. The number of fused-ring (bicyclic) bond motifs is 1. The van der Waals surface area contributed by atoms with E-state index >= 15 is 0 Å². The molecule has 0 spiro atoms. The molecule has 2 N–H and O–H groups in total. The summed E-state index contributed by atoms with van der Waals surface area (Å²) in [7, 11) is 1.68. The van der Waals surface area contributed by atoms with Crippen LogP contribution in [-0.4, -0.2) is 87.1 Å². The van der Waals surface area contributed by atoms with Crippen LogP contribution in [0.5, 0.6) is 0 Å². The lowest BCUT2D eigenvalue weighted by atomic mass is 10.0. The zero-order chi connectivity index (χ0) is 22.6. The van der Waals surface area contributed by atoms with Gasteiger partial charge in [-0.25, -0.2) is 9.78 Å². The third-order valence-corrected chi connectivity index (χ3v) is 5.13. The third kappa shape index (κ3) is 5.23. The smallest absolute Gasteiger partial charge is 0.475 e. The van der Waals surface area contributed by atoms with Crippen LogP contribution in [0.4, 0.5) is 13.2 Å². The van der Waals surface area contributed by atoms with E-state index in [1.54, 1.807) is 13.2 Å². The van der Waals surface area contributed by atoms with Gasteiger partial charge in [0.05, 0.1) is 12.2 Å². The summed E-state index contributed by atoms with van der Waals surface area (Å²) in [4.78, 5) is 45.8. The number of carboxylic acid groups (broad SMARTS) is 1. The highest BCUT2D eigenvalue weighted by Crippen LogP contribution is 2.37. The molecule has 9 nitrogen and oxygen atoms in total. The highest BCUT2D eigenvalue weighted by atomic mass is 19.4. The lowest BCUT2D eigenvalue weighted by Crippen LogP contribution is -2.50. The highest BCUT2D eigenvalue weighted by molar-refractivity contribution is 5.92. The van der Waals surface area contributed by atoms with Crippen LogP contribution in [-0.2, 0) is 9.59 Å². The van der Waals surface area contributed by atoms with E-state index in [-0.39, 0.29) is 29.9 Å². The maximum atomic E-state index is 12.6. The van der Waals surface area contributed by atoms with Crippen LogP contribution in [0.2, 0.25) is 0 Å². The Hall–Kier alpha value is -2.76. The van der Waals surface area contributed by atoms with Crippen molar-refractivity contribution in [3.05, 3.63) is 24.3 Å². The van der Waals surface area contributed by atoms with Gasteiger partial charge in [-0.05, 0) is 26.2 Å². The Kier molecular flexibility index (Phi) is 7.34. The molecule has 30 heavy (non-hydrogen) atoms. The molecule has 1 aromatic heterocycles. The SMILES string of the molecule is CNC(=O)[C@H]1C[C@@H]2CN(C(=O)c3cnccn3)C[C@@H]2N1C(C)C.O=C(O)C(F)(F)F. The lowest BCUT2D eigenvalue weighted by Gasteiger charge is -2.33. The maximum absolute atomic E-state index is 12.6. The van der Waals surface area contributed by atoms with E-state index in [9.17, 15) is 22.8 Å². The van der Waals surface area contributed by atoms with Crippen molar-refractivity contribution in [2.24, 2.45) is 5.92 Å². The molecule has 0 unspecified atom stereocenters. The zero-order valence-electron chi connectivity index (χ0n) is 16.8. The maximum Gasteiger partial charge on any atom is 0.490 e. The normalized spacial score (nSPS) is 23.6. The van der Waals surface area contributed by atoms with Crippen molar-refractivity contribution in [2.75, 3.05) is 20.1 Å². The van der Waals surface area contributed by atoms with E-state index < -0.39 is 12.1 Å². The zero-order valence-corrected chi connectivity index (χ0v) is 16.8. The fourth-order valence-corrected chi connectivity index (χ4v) is 3.95. The van der Waals surface area contributed by atoms with Gasteiger partial charge in [0.1, 0.15) is 5.69 Å². The molecule has 3 atom stereocenters. The number of halogens is 3. The number of nitrogens with zero attached hydrogens (tertiary/aromatic N) is 4. The second-order valence-electron chi connectivity index (χ2n) is 7.34. The molecule has 2 aliphatic heterocycles. The molecule has 12 heteroatoms. The Bertz CT molecular complexity index is 775. The third-order valence-electron chi connectivity index (χ3n) is 5.13. The molecule has 2 fully saturated rings. The number of carbonyl (C=O) groups is 3. The monoisotopic (exact) mass is 431 g/mol. The molecule has 0 saturated carbocycles. The van der Waals surface area contributed by atoms with Gasteiger partial charge in [-0.1, -0.05) is 0 Å². The molecular weight excluding hydrogens is 407 g/mol. The minimum atomic E-state index is -5.08. The van der Waals surface area contributed by atoms with E-state index in [2.05, 4.69) is 34.0 Å². The van der Waals surface area contributed by atoms with Gasteiger partial charge in [-0.2, -0.15) is 13.2 Å². The van der Waals surface area contributed by atoms with E-state index in [0.29, 0.717) is 24.7 Å². The summed E-state index contributed by atoms with van der Waals surface area (Å²) >= 11 is 0. The number of aliphatic carboxylic acids is 1. The number of aromatic nitrogens is 2. The number of amides is 2. The molecule has 3 rings (SSSR count). The van der Waals surface area contributed by atoms with Crippen molar-refractivity contribution in [2.45, 2.75) is 44.6 Å². The summed E-state index contributed by atoms with van der Waals surface area (Å²) < 4.78 is 31.7. The predicted molar refractivity (Wildman–Crippen MR) is 98.4 cm³/mol. The number of rotatable bonds is 3. The predicted octanol–water partition coefficient (Wildman–Crippen LogP) is 0.779. The Balaban J connectivity index is 0.000000396. The van der Waals surface area contributed by atoms with Gasteiger partial charge in [0.25, 0.3) is 5.91 Å². The van der Waals surface area contributed by atoms with Crippen molar-refractivity contribution in [3.8, 4) is 0 Å². The van der Waals surface area contributed by atoms with Gasteiger partial charge in [0.15, 0.2) is 0 Å². The molecule has 3 heterocycles. The number of likely N-dealkylation sites (N-methyl/N-ethyl adjacent to an activating group) is 1. The molecule has 2 amide bonds.